The van der Waals surface area contributed by atoms with Gasteiger partial charge in [0.05, 0.1) is 10.6 Å². The molecule has 2 rings (SSSR count). The first-order valence-corrected chi connectivity index (χ1v) is 9.35. The Morgan fingerprint density at radius 1 is 1.04 bits per heavy atom. The second kappa shape index (κ2) is 8.08. The summed E-state index contributed by atoms with van der Waals surface area (Å²) in [5, 5.41) is 2.58. The first kappa shape index (κ1) is 18.2. The number of sulfone groups is 1. The predicted molar refractivity (Wildman–Crippen MR) is 94.7 cm³/mol. The molecular weight excluding hydrogens is 324 g/mol. The highest BCUT2D eigenvalue weighted by atomic mass is 32.2. The molecule has 0 aliphatic rings. The van der Waals surface area contributed by atoms with E-state index >= 15 is 0 Å². The van der Waals surface area contributed by atoms with Crippen LogP contribution in [0.25, 0.3) is 0 Å². The summed E-state index contributed by atoms with van der Waals surface area (Å²) in [6.45, 7) is 1.06. The number of hydrogen-bond donors (Lipinski definition) is 1. The van der Waals surface area contributed by atoms with E-state index in [1.165, 1.54) is 0 Å². The molecule has 0 radical (unpaired) electrons. The van der Waals surface area contributed by atoms with Crippen molar-refractivity contribution in [2.24, 2.45) is 0 Å². The van der Waals surface area contributed by atoms with Crippen LogP contribution in [0.15, 0.2) is 59.5 Å². The van der Waals surface area contributed by atoms with E-state index in [9.17, 15) is 13.2 Å². The fourth-order valence-corrected chi connectivity index (χ4v) is 3.68. The Morgan fingerprint density at radius 3 is 2.25 bits per heavy atom. The van der Waals surface area contributed by atoms with Crippen molar-refractivity contribution in [3.63, 3.8) is 0 Å². The van der Waals surface area contributed by atoms with E-state index in [1.807, 2.05) is 24.1 Å². The molecule has 24 heavy (non-hydrogen) atoms. The number of rotatable bonds is 7. The van der Waals surface area contributed by atoms with Gasteiger partial charge in [-0.2, -0.15) is 0 Å². The molecular formula is C18H22N2O3S. The minimum atomic E-state index is -3.26. The van der Waals surface area contributed by atoms with Crippen LogP contribution in [-0.2, 0) is 16.4 Å². The van der Waals surface area contributed by atoms with Crippen molar-refractivity contribution in [2.45, 2.75) is 11.4 Å². The first-order chi connectivity index (χ1) is 11.4. The van der Waals surface area contributed by atoms with Crippen LogP contribution < -0.4 is 5.32 Å². The Bertz CT molecular complexity index is 772. The van der Waals surface area contributed by atoms with Gasteiger partial charge in [0.25, 0.3) is 5.91 Å². The molecule has 128 valence electrons. The van der Waals surface area contributed by atoms with Crippen LogP contribution in [-0.4, -0.2) is 45.6 Å². The average molecular weight is 346 g/mol. The third-order valence-electron chi connectivity index (χ3n) is 3.74. The van der Waals surface area contributed by atoms with E-state index in [-0.39, 0.29) is 11.7 Å². The minimum absolute atomic E-state index is 0.0733. The lowest BCUT2D eigenvalue weighted by atomic mass is 10.1. The molecule has 0 aliphatic heterocycles. The lowest BCUT2D eigenvalue weighted by Crippen LogP contribution is -2.25. The Balaban J connectivity index is 1.91. The van der Waals surface area contributed by atoms with Gasteiger partial charge in [0.1, 0.15) is 0 Å². The van der Waals surface area contributed by atoms with Crippen molar-refractivity contribution >= 4 is 15.7 Å². The van der Waals surface area contributed by atoms with E-state index in [0.29, 0.717) is 23.5 Å². The molecule has 6 heteroatoms. The molecule has 2 aromatic carbocycles. The number of amides is 1. The fourth-order valence-electron chi connectivity index (χ4n) is 2.32. The maximum Gasteiger partial charge on any atom is 0.251 e. The Kier molecular flexibility index (Phi) is 6.11. The van der Waals surface area contributed by atoms with Gasteiger partial charge in [-0.05, 0) is 36.9 Å². The van der Waals surface area contributed by atoms with Crippen LogP contribution in [0.4, 0.5) is 0 Å². The molecule has 0 atom stereocenters. The third-order valence-corrected chi connectivity index (χ3v) is 5.45. The fraction of sp³-hybridized carbons (Fsp3) is 0.278. The highest BCUT2D eigenvalue weighted by molar-refractivity contribution is 7.91. The van der Waals surface area contributed by atoms with Crippen LogP contribution in [0, 0.1) is 0 Å². The zero-order valence-corrected chi connectivity index (χ0v) is 14.7. The lowest BCUT2D eigenvalue weighted by Gasteiger charge is -2.17. The van der Waals surface area contributed by atoms with Crippen LogP contribution in [0.3, 0.4) is 0 Å². The molecule has 0 heterocycles. The maximum atomic E-state index is 12.3. The molecule has 0 saturated carbocycles. The highest BCUT2D eigenvalue weighted by Gasteiger charge is 2.15. The van der Waals surface area contributed by atoms with Crippen molar-refractivity contribution in [2.75, 3.05) is 26.4 Å². The van der Waals surface area contributed by atoms with Crippen molar-refractivity contribution in [1.29, 1.82) is 0 Å². The highest BCUT2D eigenvalue weighted by Crippen LogP contribution is 2.11. The second-order valence-electron chi connectivity index (χ2n) is 5.65. The summed E-state index contributed by atoms with van der Waals surface area (Å²) >= 11 is 0. The average Bonchev–Trinajstić information content (AvgIpc) is 2.61. The summed E-state index contributed by atoms with van der Waals surface area (Å²) in [4.78, 5) is 13.8. The van der Waals surface area contributed by atoms with Crippen LogP contribution >= 0.6 is 0 Å². The number of nitrogens with zero attached hydrogens (tertiary/aromatic N) is 1. The summed E-state index contributed by atoms with van der Waals surface area (Å²) in [6, 6.07) is 15.8. The van der Waals surface area contributed by atoms with E-state index in [1.54, 1.807) is 49.5 Å². The molecule has 0 spiro atoms. The van der Waals surface area contributed by atoms with Gasteiger partial charge < -0.3 is 10.2 Å². The van der Waals surface area contributed by atoms with E-state index in [0.717, 1.165) is 5.56 Å². The first-order valence-electron chi connectivity index (χ1n) is 7.70. The second-order valence-corrected chi connectivity index (χ2v) is 7.75. The van der Waals surface area contributed by atoms with Gasteiger partial charge in [0.15, 0.2) is 9.84 Å². The van der Waals surface area contributed by atoms with E-state index in [2.05, 4.69) is 5.32 Å². The number of carbonyl (C=O) groups is 1. The number of hydrogen-bond acceptors (Lipinski definition) is 4. The predicted octanol–water partition coefficient (Wildman–Crippen LogP) is 1.95. The normalized spacial score (nSPS) is 11.5. The number of nitrogens with one attached hydrogen (secondary N) is 1. The summed E-state index contributed by atoms with van der Waals surface area (Å²) in [5.74, 6) is -0.0482. The molecule has 0 bridgehead atoms. The molecule has 0 unspecified atom stereocenters. The smallest absolute Gasteiger partial charge is 0.251 e. The zero-order chi connectivity index (χ0) is 17.6. The van der Waals surface area contributed by atoms with Gasteiger partial charge in [-0.25, -0.2) is 8.42 Å². The van der Waals surface area contributed by atoms with Crippen LogP contribution in [0.5, 0.6) is 0 Å². The zero-order valence-electron chi connectivity index (χ0n) is 13.9. The van der Waals surface area contributed by atoms with Gasteiger partial charge in [-0.15, -0.1) is 0 Å². The summed E-state index contributed by atoms with van der Waals surface area (Å²) < 4.78 is 24.5. The largest absolute Gasteiger partial charge is 0.355 e. The molecule has 0 aliphatic carbocycles. The Morgan fingerprint density at radius 2 is 1.67 bits per heavy atom. The maximum absolute atomic E-state index is 12.3. The summed E-state index contributed by atoms with van der Waals surface area (Å²) in [6.07, 6.45) is 0. The quantitative estimate of drug-likeness (QED) is 0.832. The van der Waals surface area contributed by atoms with Gasteiger partial charge in [0, 0.05) is 25.7 Å². The van der Waals surface area contributed by atoms with Crippen molar-refractivity contribution in [3.8, 4) is 0 Å². The van der Waals surface area contributed by atoms with Crippen molar-refractivity contribution in [1.82, 2.24) is 10.2 Å². The summed E-state index contributed by atoms with van der Waals surface area (Å²) in [7, 11) is 0.213. The lowest BCUT2D eigenvalue weighted by molar-refractivity contribution is 0.0963. The molecule has 2 aromatic rings. The topological polar surface area (TPSA) is 66.5 Å². The molecule has 0 aromatic heterocycles. The molecule has 1 N–H and O–H groups in total. The molecule has 0 saturated heterocycles. The Hall–Kier alpha value is -2.18. The SMILES string of the molecule is CNC(=O)c1ccc(CN(C)CCS(=O)(=O)c2ccccc2)cc1. The number of carbonyl (C=O) groups excluding carboxylic acids is 1. The number of benzene rings is 2. The van der Waals surface area contributed by atoms with E-state index < -0.39 is 9.84 Å². The van der Waals surface area contributed by atoms with E-state index in [4.69, 9.17) is 0 Å². The minimum Gasteiger partial charge on any atom is -0.355 e. The summed E-state index contributed by atoms with van der Waals surface area (Å²) in [5.41, 5.74) is 1.64. The molecule has 0 fully saturated rings. The monoisotopic (exact) mass is 346 g/mol. The standard InChI is InChI=1S/C18H22N2O3S/c1-19-18(21)16-10-8-15(9-11-16)14-20(2)12-13-24(22,23)17-6-4-3-5-7-17/h3-11H,12-14H2,1-2H3,(H,19,21). The van der Waals surface area contributed by atoms with Crippen molar-refractivity contribution < 1.29 is 13.2 Å². The third kappa shape index (κ3) is 4.91. The van der Waals surface area contributed by atoms with Gasteiger partial charge in [-0.1, -0.05) is 30.3 Å². The van der Waals surface area contributed by atoms with Crippen LogP contribution in [0.1, 0.15) is 15.9 Å². The van der Waals surface area contributed by atoms with Gasteiger partial charge in [0.2, 0.25) is 0 Å². The van der Waals surface area contributed by atoms with Gasteiger partial charge >= 0.3 is 0 Å². The van der Waals surface area contributed by atoms with Crippen molar-refractivity contribution in [3.05, 3.63) is 65.7 Å². The molecule has 1 amide bonds. The van der Waals surface area contributed by atoms with Crippen LogP contribution in [0.2, 0.25) is 0 Å². The van der Waals surface area contributed by atoms with Gasteiger partial charge in [-0.3, -0.25) is 4.79 Å². The molecule has 5 nitrogen and oxygen atoms in total. The Labute approximate surface area is 143 Å².